The minimum absolute atomic E-state index is 0.251. The van der Waals surface area contributed by atoms with Crippen LogP contribution in [0.25, 0.3) is 0 Å². The van der Waals surface area contributed by atoms with E-state index in [1.807, 2.05) is 0 Å². The summed E-state index contributed by atoms with van der Waals surface area (Å²) in [5, 5.41) is 9.11. The maximum Gasteiger partial charge on any atom is 0.133 e. The van der Waals surface area contributed by atoms with E-state index in [4.69, 9.17) is 21.6 Å². The van der Waals surface area contributed by atoms with Gasteiger partial charge in [-0.25, -0.2) is 4.39 Å². The number of hydrogen-bond acceptors (Lipinski definition) is 2. The summed E-state index contributed by atoms with van der Waals surface area (Å²) in [6.45, 7) is 0.251. The lowest BCUT2D eigenvalue weighted by Crippen LogP contribution is -1.98. The maximum absolute atomic E-state index is 12.9. The van der Waals surface area contributed by atoms with Crippen LogP contribution in [0.1, 0.15) is 11.1 Å². The fourth-order valence-electron chi connectivity index (χ4n) is 1.48. The van der Waals surface area contributed by atoms with Crippen LogP contribution >= 0.6 is 34.2 Å². The van der Waals surface area contributed by atoms with Gasteiger partial charge in [-0.15, -0.1) is 0 Å². The van der Waals surface area contributed by atoms with Gasteiger partial charge in [0, 0.05) is 5.56 Å². The zero-order valence-electron chi connectivity index (χ0n) is 9.66. The Kier molecular flexibility index (Phi) is 4.61. The number of halogens is 3. The predicted octanol–water partition coefficient (Wildman–Crippen LogP) is 4.53. The van der Waals surface area contributed by atoms with Gasteiger partial charge in [-0.2, -0.15) is 5.26 Å². The third-order valence-corrected chi connectivity index (χ3v) is 3.65. The van der Waals surface area contributed by atoms with Crippen molar-refractivity contribution in [3.8, 4) is 11.8 Å². The Balaban J connectivity index is 2.13. The quantitative estimate of drug-likeness (QED) is 0.725. The topological polar surface area (TPSA) is 33.0 Å². The normalized spacial score (nSPS) is 10.0. The average molecular weight is 388 g/mol. The van der Waals surface area contributed by atoms with Gasteiger partial charge in [0.15, 0.2) is 0 Å². The summed E-state index contributed by atoms with van der Waals surface area (Å²) >= 11 is 8.02. The third kappa shape index (κ3) is 3.58. The van der Waals surface area contributed by atoms with Gasteiger partial charge in [0.05, 0.1) is 20.2 Å². The standard InChI is InChI=1S/C14H8ClFINO/c15-12-6-11(16)3-2-10(12)8-19-14-4-1-9(7-18)5-13(14)17/h1-6H,8H2. The Bertz CT molecular complexity index is 654. The Labute approximate surface area is 128 Å². The van der Waals surface area contributed by atoms with E-state index in [0.29, 0.717) is 21.9 Å². The van der Waals surface area contributed by atoms with Crippen molar-refractivity contribution in [2.75, 3.05) is 0 Å². The van der Waals surface area contributed by atoms with E-state index in [0.717, 1.165) is 3.57 Å². The number of ether oxygens (including phenoxy) is 1. The molecule has 0 radical (unpaired) electrons. The van der Waals surface area contributed by atoms with Crippen LogP contribution in [0.3, 0.4) is 0 Å². The molecular formula is C14H8ClFINO. The lowest BCUT2D eigenvalue weighted by Gasteiger charge is -2.09. The first-order valence-corrected chi connectivity index (χ1v) is 6.82. The molecule has 0 N–H and O–H groups in total. The molecule has 0 aliphatic carbocycles. The lowest BCUT2D eigenvalue weighted by atomic mass is 10.2. The second-order valence-electron chi connectivity index (χ2n) is 3.78. The van der Waals surface area contributed by atoms with E-state index in [1.54, 1.807) is 24.3 Å². The van der Waals surface area contributed by atoms with Crippen molar-refractivity contribution < 1.29 is 9.13 Å². The molecule has 0 fully saturated rings. The Morgan fingerprint density at radius 1 is 1.26 bits per heavy atom. The molecule has 0 bridgehead atoms. The molecule has 0 unspecified atom stereocenters. The van der Waals surface area contributed by atoms with E-state index in [2.05, 4.69) is 28.7 Å². The third-order valence-electron chi connectivity index (χ3n) is 2.46. The second kappa shape index (κ2) is 6.22. The summed E-state index contributed by atoms with van der Waals surface area (Å²) in [5.41, 5.74) is 1.29. The maximum atomic E-state index is 12.9. The molecule has 0 atom stereocenters. The van der Waals surface area contributed by atoms with Gasteiger partial charge >= 0.3 is 0 Å². The van der Waals surface area contributed by atoms with Gasteiger partial charge in [0.25, 0.3) is 0 Å². The number of hydrogen-bond donors (Lipinski definition) is 0. The molecule has 0 amide bonds. The van der Waals surface area contributed by atoms with Crippen LogP contribution < -0.4 is 4.74 Å². The summed E-state index contributed by atoms with van der Waals surface area (Å²) in [5.74, 6) is 0.293. The van der Waals surface area contributed by atoms with E-state index in [9.17, 15) is 4.39 Å². The highest BCUT2D eigenvalue weighted by Crippen LogP contribution is 2.24. The van der Waals surface area contributed by atoms with Gasteiger partial charge in [-0.05, 0) is 52.9 Å². The molecule has 0 saturated carbocycles. The molecule has 2 rings (SSSR count). The summed E-state index contributed by atoms with van der Waals surface area (Å²) in [6, 6.07) is 11.4. The smallest absolute Gasteiger partial charge is 0.133 e. The molecule has 2 nitrogen and oxygen atoms in total. The molecule has 0 heterocycles. The predicted molar refractivity (Wildman–Crippen MR) is 79.6 cm³/mol. The van der Waals surface area contributed by atoms with Gasteiger partial charge in [0.1, 0.15) is 18.2 Å². The molecule has 96 valence electrons. The van der Waals surface area contributed by atoms with Gasteiger partial charge in [-0.1, -0.05) is 17.7 Å². The van der Waals surface area contributed by atoms with E-state index in [1.165, 1.54) is 12.1 Å². The van der Waals surface area contributed by atoms with Crippen molar-refractivity contribution in [2.45, 2.75) is 6.61 Å². The number of nitriles is 1. The summed E-state index contributed by atoms with van der Waals surface area (Å²) in [4.78, 5) is 0. The molecule has 0 spiro atoms. The molecule has 19 heavy (non-hydrogen) atoms. The van der Waals surface area contributed by atoms with Crippen molar-refractivity contribution >= 4 is 34.2 Å². The molecular weight excluding hydrogens is 380 g/mol. The number of rotatable bonds is 3. The molecule has 0 aliphatic heterocycles. The van der Waals surface area contributed by atoms with Crippen LogP contribution in [0.15, 0.2) is 36.4 Å². The van der Waals surface area contributed by atoms with E-state index >= 15 is 0 Å². The van der Waals surface area contributed by atoms with Crippen LogP contribution in [0.5, 0.6) is 5.75 Å². The fourth-order valence-corrected chi connectivity index (χ4v) is 2.37. The van der Waals surface area contributed by atoms with E-state index in [-0.39, 0.29) is 12.4 Å². The van der Waals surface area contributed by atoms with Crippen LogP contribution in [-0.4, -0.2) is 0 Å². The highest BCUT2D eigenvalue weighted by atomic mass is 127. The first-order valence-electron chi connectivity index (χ1n) is 5.36. The molecule has 0 saturated heterocycles. The molecule has 5 heteroatoms. The molecule has 0 aliphatic rings. The zero-order valence-corrected chi connectivity index (χ0v) is 12.6. The van der Waals surface area contributed by atoms with Crippen LogP contribution in [0.2, 0.25) is 5.02 Å². The molecule has 2 aromatic carbocycles. The summed E-state index contributed by atoms with van der Waals surface area (Å²) in [6.07, 6.45) is 0. The first-order chi connectivity index (χ1) is 9.10. The Morgan fingerprint density at radius 3 is 2.68 bits per heavy atom. The number of nitrogens with zero attached hydrogens (tertiary/aromatic N) is 1. The summed E-state index contributed by atoms with van der Waals surface area (Å²) in [7, 11) is 0. The first kappa shape index (κ1) is 14.1. The minimum atomic E-state index is -0.373. The van der Waals surface area contributed by atoms with Crippen molar-refractivity contribution in [3.63, 3.8) is 0 Å². The summed E-state index contributed by atoms with van der Waals surface area (Å²) < 4.78 is 19.4. The van der Waals surface area contributed by atoms with Crippen molar-refractivity contribution in [1.82, 2.24) is 0 Å². The SMILES string of the molecule is N#Cc1ccc(OCc2ccc(F)cc2Cl)c(I)c1. The fraction of sp³-hybridized carbons (Fsp3) is 0.0714. The zero-order chi connectivity index (χ0) is 13.8. The largest absolute Gasteiger partial charge is 0.488 e. The number of benzene rings is 2. The van der Waals surface area contributed by atoms with Crippen LogP contribution in [0, 0.1) is 20.7 Å². The monoisotopic (exact) mass is 387 g/mol. The highest BCUT2D eigenvalue weighted by Gasteiger charge is 2.06. The second-order valence-corrected chi connectivity index (χ2v) is 5.35. The minimum Gasteiger partial charge on any atom is -0.488 e. The Hall–Kier alpha value is -1.32. The Morgan fingerprint density at radius 2 is 2.05 bits per heavy atom. The van der Waals surface area contributed by atoms with Crippen LogP contribution in [0.4, 0.5) is 4.39 Å². The van der Waals surface area contributed by atoms with Crippen molar-refractivity contribution in [1.29, 1.82) is 5.26 Å². The van der Waals surface area contributed by atoms with Crippen molar-refractivity contribution in [2.24, 2.45) is 0 Å². The van der Waals surface area contributed by atoms with Gasteiger partial charge in [-0.3, -0.25) is 0 Å². The highest BCUT2D eigenvalue weighted by molar-refractivity contribution is 14.1. The average Bonchev–Trinajstić information content (AvgIpc) is 2.39. The van der Waals surface area contributed by atoms with Crippen molar-refractivity contribution in [3.05, 3.63) is 61.9 Å². The molecule has 2 aromatic rings. The van der Waals surface area contributed by atoms with Gasteiger partial charge in [0.2, 0.25) is 0 Å². The van der Waals surface area contributed by atoms with Gasteiger partial charge < -0.3 is 4.74 Å². The molecule has 0 aromatic heterocycles. The van der Waals surface area contributed by atoms with E-state index < -0.39 is 0 Å². The van der Waals surface area contributed by atoms with Crippen LogP contribution in [-0.2, 0) is 6.61 Å². The lowest BCUT2D eigenvalue weighted by molar-refractivity contribution is 0.304.